The molecular weight excluding hydrogens is 765 g/mol. The average Bonchev–Trinajstić information content (AvgIpc) is 3.17. The van der Waals surface area contributed by atoms with E-state index in [0.717, 1.165) is 93.8 Å². The summed E-state index contributed by atoms with van der Waals surface area (Å²) in [6.07, 6.45) is 13.9. The number of hydrogen-bond acceptors (Lipinski definition) is 1. The van der Waals surface area contributed by atoms with Gasteiger partial charge in [-0.15, -0.1) is 13.2 Å². The Morgan fingerprint density at radius 1 is 0.619 bits per heavy atom. The van der Waals surface area contributed by atoms with Crippen molar-refractivity contribution in [3.8, 4) is 0 Å². The molecule has 0 amide bonds. The number of rotatable bonds is 34. The molecule has 2 heteroatoms. The minimum Gasteiger partial charge on any atom is -0.481 e. The van der Waals surface area contributed by atoms with Gasteiger partial charge in [-0.1, -0.05) is 181 Å². The van der Waals surface area contributed by atoms with Crippen LogP contribution in [0.5, 0.6) is 0 Å². The van der Waals surface area contributed by atoms with Crippen molar-refractivity contribution >= 4 is 5.97 Å². The molecule has 1 aromatic rings. The molecule has 0 aliphatic carbocycles. The highest BCUT2D eigenvalue weighted by atomic mass is 16.4. The highest BCUT2D eigenvalue weighted by Crippen LogP contribution is 2.44. The van der Waals surface area contributed by atoms with Gasteiger partial charge in [-0.2, -0.15) is 0 Å². The van der Waals surface area contributed by atoms with Crippen LogP contribution in [0.2, 0.25) is 0 Å². The van der Waals surface area contributed by atoms with E-state index in [4.69, 9.17) is 26.3 Å². The van der Waals surface area contributed by atoms with Crippen LogP contribution in [0.3, 0.4) is 0 Å². The van der Waals surface area contributed by atoms with E-state index >= 15 is 0 Å². The van der Waals surface area contributed by atoms with Crippen LogP contribution in [-0.2, 0) is 11.2 Å². The normalized spacial score (nSPS) is 14.5. The number of hydrogen-bond donors (Lipinski definition) is 1. The summed E-state index contributed by atoms with van der Waals surface area (Å²) < 4.78 is 0. The molecule has 0 aliphatic rings. The van der Waals surface area contributed by atoms with Gasteiger partial charge >= 0.3 is 5.97 Å². The zero-order chi connectivity index (χ0) is 48.2. The Hall–Kier alpha value is -3.91. The Morgan fingerprint density at radius 3 is 1.68 bits per heavy atom. The molecule has 1 rings (SSSR count). The summed E-state index contributed by atoms with van der Waals surface area (Å²) in [7, 11) is 0. The Labute approximate surface area is 390 Å². The summed E-state index contributed by atoms with van der Waals surface area (Å²) in [5, 5.41) is 9.32. The van der Waals surface area contributed by atoms with E-state index < -0.39 is 5.97 Å². The molecule has 0 unspecified atom stereocenters. The summed E-state index contributed by atoms with van der Waals surface area (Å²) in [5.41, 5.74) is 14.4. The third-order valence-corrected chi connectivity index (χ3v) is 13.5. The second-order valence-corrected chi connectivity index (χ2v) is 21.4. The van der Waals surface area contributed by atoms with Crippen LogP contribution in [0.25, 0.3) is 0 Å². The Morgan fingerprint density at radius 2 is 1.16 bits per heavy atom. The number of carboxylic acid groups (broad SMARTS) is 1. The Balaban J connectivity index is 3.59. The second kappa shape index (κ2) is 28.1. The highest BCUT2D eigenvalue weighted by molar-refractivity contribution is 5.67. The molecule has 1 aromatic carbocycles. The quantitative estimate of drug-likeness (QED) is 0.0554. The van der Waals surface area contributed by atoms with Crippen molar-refractivity contribution in [1.29, 1.82) is 0 Å². The maximum absolute atomic E-state index is 11.3. The second-order valence-electron chi connectivity index (χ2n) is 21.4. The van der Waals surface area contributed by atoms with Crippen molar-refractivity contribution in [3.63, 3.8) is 0 Å². The van der Waals surface area contributed by atoms with E-state index in [0.29, 0.717) is 24.2 Å². The van der Waals surface area contributed by atoms with Crippen molar-refractivity contribution in [2.75, 3.05) is 0 Å². The lowest BCUT2D eigenvalue weighted by Gasteiger charge is -2.37. The molecule has 6 atom stereocenters. The van der Waals surface area contributed by atoms with E-state index in [1.54, 1.807) is 0 Å². The average molecular weight is 859 g/mol. The Kier molecular flexibility index (Phi) is 25.5. The SMILES string of the molecule is C=C(C)CC[C@H](CC(=C)[C@H](CC(=C)C)CC(=C)CCC(=O)O)C(=C)C[C@@H](Cc1ccccc1C)C(=C)C[C@H](C(=C)C[C@@H](CC(C)C)C(=C)C[C@@H](CCCC)C(=C)C(=C)C)C(C)(C)C. The summed E-state index contributed by atoms with van der Waals surface area (Å²) in [4.78, 5) is 11.3. The van der Waals surface area contributed by atoms with Gasteiger partial charge in [-0.05, 0) is 175 Å². The molecule has 2 nitrogen and oxygen atoms in total. The van der Waals surface area contributed by atoms with Crippen LogP contribution in [0.4, 0.5) is 0 Å². The fourth-order valence-electron chi connectivity index (χ4n) is 9.41. The number of allylic oxidation sites excluding steroid dienone is 10. The Bertz CT molecular complexity index is 1780. The summed E-state index contributed by atoms with van der Waals surface area (Å²) in [6, 6.07) is 8.77. The van der Waals surface area contributed by atoms with Gasteiger partial charge in [0.15, 0.2) is 0 Å². The van der Waals surface area contributed by atoms with Crippen LogP contribution in [-0.4, -0.2) is 11.1 Å². The molecule has 0 aromatic heterocycles. The number of benzene rings is 1. The first-order valence-electron chi connectivity index (χ1n) is 24.2. The van der Waals surface area contributed by atoms with E-state index in [1.807, 2.05) is 0 Å². The predicted molar refractivity (Wildman–Crippen MR) is 281 cm³/mol. The van der Waals surface area contributed by atoms with Gasteiger partial charge in [0.1, 0.15) is 0 Å². The fraction of sp³-hybridized carbons (Fsp3) is 0.557. The molecule has 0 saturated heterocycles. The topological polar surface area (TPSA) is 37.3 Å². The molecule has 0 fully saturated rings. The molecule has 1 N–H and O–H groups in total. The van der Waals surface area contributed by atoms with Crippen LogP contribution in [0, 0.1) is 53.8 Å². The number of carbonyl (C=O) groups is 1. The molecular formula is C61H94O2. The summed E-state index contributed by atoms with van der Waals surface area (Å²) in [6.45, 7) is 68.2. The molecule has 0 saturated carbocycles. The zero-order valence-corrected chi connectivity index (χ0v) is 42.6. The van der Waals surface area contributed by atoms with Gasteiger partial charge < -0.3 is 5.11 Å². The van der Waals surface area contributed by atoms with Gasteiger partial charge in [0.25, 0.3) is 0 Å². The molecule has 0 aliphatic heterocycles. The van der Waals surface area contributed by atoms with Crippen molar-refractivity contribution in [2.24, 2.45) is 46.8 Å². The minimum atomic E-state index is -0.795. The number of unbranched alkanes of at least 4 members (excludes halogenated alkanes) is 1. The van der Waals surface area contributed by atoms with E-state index in [-0.39, 0.29) is 35.5 Å². The monoisotopic (exact) mass is 859 g/mol. The zero-order valence-electron chi connectivity index (χ0n) is 42.6. The maximum Gasteiger partial charge on any atom is 0.303 e. The predicted octanol–water partition coefficient (Wildman–Crippen LogP) is 18.5. The largest absolute Gasteiger partial charge is 0.481 e. The standard InChI is InChI=1S/C61H94O2/c1-21-22-26-55(52(17)44(8)9)36-49(14)57(33-43(6)7)38-51(16)59(61(18,19)20)39-50(15)58(40-53-27-24-23-25-46(53)11)37-47(12)54(30-28-41(2)3)35-48(13)56(32-42(4)5)34-45(10)29-31-60(62)63/h23-25,27,43,54-59H,2,4,8,10,12-17,21-22,26,28-40H2,1,3,5-7,9,11,18-20H3,(H,62,63)/t54-,55-,56-,57-,58+,59-/m1/s1. The van der Waals surface area contributed by atoms with Crippen LogP contribution in [0.15, 0.2) is 146 Å². The van der Waals surface area contributed by atoms with Crippen molar-refractivity contribution in [2.45, 2.75) is 172 Å². The van der Waals surface area contributed by atoms with E-state index in [1.165, 1.54) is 63.0 Å². The highest BCUT2D eigenvalue weighted by Gasteiger charge is 2.33. The molecule has 350 valence electrons. The lowest BCUT2D eigenvalue weighted by Crippen LogP contribution is -2.26. The number of carboxylic acids is 1. The molecule has 0 radical (unpaired) electrons. The van der Waals surface area contributed by atoms with Crippen molar-refractivity contribution < 1.29 is 9.90 Å². The van der Waals surface area contributed by atoms with Gasteiger partial charge in [-0.25, -0.2) is 0 Å². The smallest absolute Gasteiger partial charge is 0.303 e. The van der Waals surface area contributed by atoms with Gasteiger partial charge in [0, 0.05) is 6.42 Å². The van der Waals surface area contributed by atoms with Crippen LogP contribution < -0.4 is 0 Å². The fourth-order valence-corrected chi connectivity index (χ4v) is 9.41. The number of aryl methyl sites for hydroxylation is 1. The van der Waals surface area contributed by atoms with Crippen molar-refractivity contribution in [3.05, 3.63) is 157 Å². The first kappa shape index (κ1) is 57.1. The third kappa shape index (κ3) is 22.0. The lowest BCUT2D eigenvalue weighted by atomic mass is 9.68. The minimum absolute atomic E-state index is 0.0135. The van der Waals surface area contributed by atoms with Crippen LogP contribution >= 0.6 is 0 Å². The first-order chi connectivity index (χ1) is 29.3. The summed E-state index contributed by atoms with van der Waals surface area (Å²) in [5.74, 6) is 1.31. The van der Waals surface area contributed by atoms with Crippen molar-refractivity contribution in [1.82, 2.24) is 0 Å². The summed E-state index contributed by atoms with van der Waals surface area (Å²) >= 11 is 0. The van der Waals surface area contributed by atoms with E-state index in [9.17, 15) is 9.90 Å². The third-order valence-electron chi connectivity index (χ3n) is 13.5. The number of aliphatic carboxylic acids is 1. The molecule has 0 heterocycles. The van der Waals surface area contributed by atoms with Gasteiger partial charge in [0.2, 0.25) is 0 Å². The van der Waals surface area contributed by atoms with Crippen LogP contribution in [0.1, 0.15) is 170 Å². The maximum atomic E-state index is 11.3. The van der Waals surface area contributed by atoms with Gasteiger partial charge in [-0.3, -0.25) is 4.79 Å². The molecule has 0 spiro atoms. The lowest BCUT2D eigenvalue weighted by molar-refractivity contribution is -0.136. The molecule has 0 bridgehead atoms. The van der Waals surface area contributed by atoms with Gasteiger partial charge in [0.05, 0.1) is 0 Å². The first-order valence-corrected chi connectivity index (χ1v) is 24.2. The molecule has 63 heavy (non-hydrogen) atoms. The van der Waals surface area contributed by atoms with E-state index in [2.05, 4.69) is 133 Å².